The molecule has 1 amide bonds. The predicted octanol–water partition coefficient (Wildman–Crippen LogP) is 1.57. The summed E-state index contributed by atoms with van der Waals surface area (Å²) in [7, 11) is 2.07. The van der Waals surface area contributed by atoms with Gasteiger partial charge in [-0.15, -0.1) is 0 Å². The first-order chi connectivity index (χ1) is 12.5. The van der Waals surface area contributed by atoms with Crippen LogP contribution in [0.5, 0.6) is 0 Å². The molecule has 1 unspecified atom stereocenters. The molecule has 0 aromatic carbocycles. The molecule has 2 saturated heterocycles. The van der Waals surface area contributed by atoms with Crippen LogP contribution in [-0.4, -0.2) is 73.0 Å². The second-order valence-electron chi connectivity index (χ2n) is 7.88. The van der Waals surface area contributed by atoms with Crippen molar-refractivity contribution in [1.82, 2.24) is 20.1 Å². The fraction of sp³-hybridized carbons (Fsp3) is 0.700. The van der Waals surface area contributed by atoms with E-state index in [9.17, 15) is 4.79 Å². The van der Waals surface area contributed by atoms with Crippen molar-refractivity contribution < 1.29 is 4.79 Å². The number of pyridine rings is 1. The van der Waals surface area contributed by atoms with Crippen LogP contribution in [0.1, 0.15) is 32.3 Å². The van der Waals surface area contributed by atoms with Gasteiger partial charge >= 0.3 is 0 Å². The van der Waals surface area contributed by atoms with Crippen LogP contribution >= 0.6 is 0 Å². The van der Waals surface area contributed by atoms with E-state index in [-0.39, 0.29) is 5.92 Å². The summed E-state index contributed by atoms with van der Waals surface area (Å²) in [5.41, 5.74) is 1.22. The first kappa shape index (κ1) is 19.1. The van der Waals surface area contributed by atoms with Gasteiger partial charge in [0.05, 0.1) is 5.92 Å². The number of carbonyl (C=O) groups is 1. The Morgan fingerprint density at radius 3 is 2.73 bits per heavy atom. The summed E-state index contributed by atoms with van der Waals surface area (Å²) in [5.74, 6) is 1.51. The van der Waals surface area contributed by atoms with Crippen LogP contribution in [0.3, 0.4) is 0 Å². The number of likely N-dealkylation sites (tertiary alicyclic amines) is 1. The minimum absolute atomic E-state index is 0.154. The molecular weight excluding hydrogens is 326 g/mol. The average molecular weight is 360 g/mol. The molecule has 26 heavy (non-hydrogen) atoms. The summed E-state index contributed by atoms with van der Waals surface area (Å²) in [6, 6.07) is 4.71. The fourth-order valence-electron chi connectivity index (χ4n) is 3.79. The third kappa shape index (κ3) is 4.74. The number of nitrogens with one attached hydrogen (secondary N) is 1. The van der Waals surface area contributed by atoms with Gasteiger partial charge in [-0.3, -0.25) is 9.69 Å². The molecule has 1 aromatic heterocycles. The maximum Gasteiger partial charge on any atom is 0.227 e. The van der Waals surface area contributed by atoms with Gasteiger partial charge in [-0.05, 0) is 44.9 Å². The van der Waals surface area contributed by atoms with Crippen LogP contribution in [0.4, 0.5) is 5.82 Å². The molecule has 0 aliphatic carbocycles. The van der Waals surface area contributed by atoms with Crippen molar-refractivity contribution in [1.29, 1.82) is 0 Å². The van der Waals surface area contributed by atoms with Crippen LogP contribution in [0.15, 0.2) is 18.3 Å². The Morgan fingerprint density at radius 2 is 2.08 bits per heavy atom. The lowest BCUT2D eigenvalue weighted by molar-refractivity contribution is -0.138. The van der Waals surface area contributed by atoms with Gasteiger partial charge in [0.2, 0.25) is 5.91 Å². The van der Waals surface area contributed by atoms with Gasteiger partial charge in [-0.25, -0.2) is 4.98 Å². The zero-order valence-corrected chi connectivity index (χ0v) is 16.4. The number of amides is 1. The van der Waals surface area contributed by atoms with Crippen molar-refractivity contribution in [2.24, 2.45) is 5.92 Å². The Balaban J connectivity index is 1.55. The SMILES string of the molecule is CC(C)N(C)c1ccc(CN2CCCC(C(=O)N3CCNCC3)C2)cn1. The number of nitrogens with zero attached hydrogens (tertiary/aromatic N) is 4. The Kier molecular flexibility index (Phi) is 6.48. The third-order valence-electron chi connectivity index (χ3n) is 5.63. The van der Waals surface area contributed by atoms with E-state index in [0.717, 1.165) is 64.5 Å². The molecule has 2 fully saturated rings. The van der Waals surface area contributed by atoms with Crippen molar-refractivity contribution in [2.75, 3.05) is 51.2 Å². The maximum atomic E-state index is 12.8. The van der Waals surface area contributed by atoms with E-state index in [1.807, 2.05) is 11.1 Å². The Morgan fingerprint density at radius 1 is 1.31 bits per heavy atom. The van der Waals surface area contributed by atoms with Gasteiger partial charge in [0.25, 0.3) is 0 Å². The summed E-state index contributed by atoms with van der Waals surface area (Å²) < 4.78 is 0. The molecule has 3 rings (SSSR count). The van der Waals surface area contributed by atoms with E-state index < -0.39 is 0 Å². The van der Waals surface area contributed by atoms with Gasteiger partial charge in [0, 0.05) is 58.6 Å². The highest BCUT2D eigenvalue weighted by atomic mass is 16.2. The largest absolute Gasteiger partial charge is 0.357 e. The average Bonchev–Trinajstić information content (AvgIpc) is 2.68. The molecule has 1 aromatic rings. The monoisotopic (exact) mass is 359 g/mol. The summed E-state index contributed by atoms with van der Waals surface area (Å²) in [6.45, 7) is 10.7. The number of aromatic nitrogens is 1. The second kappa shape index (κ2) is 8.82. The summed E-state index contributed by atoms with van der Waals surface area (Å²) in [5, 5.41) is 3.32. The molecule has 6 heteroatoms. The molecular formula is C20H33N5O. The van der Waals surface area contributed by atoms with Crippen molar-refractivity contribution >= 4 is 11.7 Å². The number of anilines is 1. The maximum absolute atomic E-state index is 12.8. The van der Waals surface area contributed by atoms with Crippen molar-refractivity contribution in [3.05, 3.63) is 23.9 Å². The van der Waals surface area contributed by atoms with Crippen LogP contribution in [0, 0.1) is 5.92 Å². The molecule has 0 spiro atoms. The number of piperazine rings is 1. The summed E-state index contributed by atoms with van der Waals surface area (Å²) in [4.78, 5) is 24.0. The van der Waals surface area contributed by atoms with E-state index >= 15 is 0 Å². The van der Waals surface area contributed by atoms with E-state index in [0.29, 0.717) is 11.9 Å². The van der Waals surface area contributed by atoms with Crippen molar-refractivity contribution in [2.45, 2.75) is 39.3 Å². The van der Waals surface area contributed by atoms with E-state index in [2.05, 4.69) is 53.1 Å². The molecule has 6 nitrogen and oxygen atoms in total. The van der Waals surface area contributed by atoms with Crippen LogP contribution < -0.4 is 10.2 Å². The molecule has 3 heterocycles. The Labute approximate surface area is 157 Å². The standard InChI is InChI=1S/C20H33N5O/c1-16(2)23(3)19-7-6-17(13-22-19)14-24-10-4-5-18(15-24)20(26)25-11-8-21-9-12-25/h6-7,13,16,18,21H,4-5,8-12,14-15H2,1-3H3. The highest BCUT2D eigenvalue weighted by Crippen LogP contribution is 2.21. The molecule has 0 radical (unpaired) electrons. The van der Waals surface area contributed by atoms with Gasteiger partial charge in [-0.1, -0.05) is 6.07 Å². The highest BCUT2D eigenvalue weighted by Gasteiger charge is 2.29. The summed E-state index contributed by atoms with van der Waals surface area (Å²) >= 11 is 0. The lowest BCUT2D eigenvalue weighted by atomic mass is 9.96. The highest BCUT2D eigenvalue weighted by molar-refractivity contribution is 5.79. The van der Waals surface area contributed by atoms with Gasteiger partial charge in [0.15, 0.2) is 0 Å². The number of piperidine rings is 1. The zero-order valence-electron chi connectivity index (χ0n) is 16.4. The van der Waals surface area contributed by atoms with Crippen LogP contribution in [0.25, 0.3) is 0 Å². The number of rotatable bonds is 5. The van der Waals surface area contributed by atoms with E-state index in [4.69, 9.17) is 0 Å². The Hall–Kier alpha value is -1.66. The molecule has 1 atom stereocenters. The molecule has 1 N–H and O–H groups in total. The molecule has 2 aliphatic heterocycles. The minimum atomic E-state index is 0.154. The molecule has 144 valence electrons. The quantitative estimate of drug-likeness (QED) is 0.865. The molecule has 0 bridgehead atoms. The first-order valence-electron chi connectivity index (χ1n) is 9.94. The Bertz CT molecular complexity index is 582. The lowest BCUT2D eigenvalue weighted by Gasteiger charge is -2.36. The normalized spacial score (nSPS) is 21.8. The van der Waals surface area contributed by atoms with Gasteiger partial charge < -0.3 is 15.1 Å². The first-order valence-corrected chi connectivity index (χ1v) is 9.94. The fourth-order valence-corrected chi connectivity index (χ4v) is 3.79. The summed E-state index contributed by atoms with van der Waals surface area (Å²) in [6.07, 6.45) is 4.11. The molecule has 2 aliphatic rings. The van der Waals surface area contributed by atoms with Crippen molar-refractivity contribution in [3.8, 4) is 0 Å². The van der Waals surface area contributed by atoms with E-state index in [1.54, 1.807) is 0 Å². The smallest absolute Gasteiger partial charge is 0.227 e. The van der Waals surface area contributed by atoms with Crippen molar-refractivity contribution in [3.63, 3.8) is 0 Å². The van der Waals surface area contributed by atoms with Gasteiger partial charge in [0.1, 0.15) is 5.82 Å². The zero-order chi connectivity index (χ0) is 18.5. The van der Waals surface area contributed by atoms with Crippen LogP contribution in [-0.2, 0) is 11.3 Å². The molecule has 0 saturated carbocycles. The third-order valence-corrected chi connectivity index (χ3v) is 5.63. The number of hydrogen-bond donors (Lipinski definition) is 1. The number of hydrogen-bond acceptors (Lipinski definition) is 5. The number of carbonyl (C=O) groups excluding carboxylic acids is 1. The van der Waals surface area contributed by atoms with E-state index in [1.165, 1.54) is 5.56 Å². The van der Waals surface area contributed by atoms with Crippen LogP contribution in [0.2, 0.25) is 0 Å². The second-order valence-corrected chi connectivity index (χ2v) is 7.88. The minimum Gasteiger partial charge on any atom is -0.357 e. The lowest BCUT2D eigenvalue weighted by Crippen LogP contribution is -2.51. The van der Waals surface area contributed by atoms with Gasteiger partial charge in [-0.2, -0.15) is 0 Å². The predicted molar refractivity (Wildman–Crippen MR) is 105 cm³/mol. The topological polar surface area (TPSA) is 51.7 Å².